The Balaban J connectivity index is 0.000000694. The third kappa shape index (κ3) is 9.10. The zero-order chi connectivity index (χ0) is 20.4. The summed E-state index contributed by atoms with van der Waals surface area (Å²) in [6.07, 6.45) is 4.76. The number of nitrogens with zero attached hydrogens (tertiary/aromatic N) is 3. The number of likely N-dealkylation sites (N-methyl/N-ethyl adjacent to an activating group) is 1. The number of fused-ring (bicyclic) bond motifs is 1. The molecule has 2 rings (SSSR count). The highest BCUT2D eigenvalue weighted by Crippen LogP contribution is 2.23. The average Bonchev–Trinajstić information content (AvgIpc) is 2.71. The number of rotatable bonds is 6. The smallest absolute Gasteiger partial charge is 0.328 e. The molecule has 1 unspecified atom stereocenters. The predicted octanol–water partition coefficient (Wildman–Crippen LogP) is 0.144. The van der Waals surface area contributed by atoms with Gasteiger partial charge in [-0.1, -0.05) is 0 Å². The van der Waals surface area contributed by atoms with Crippen LogP contribution in [0.2, 0.25) is 0 Å². The lowest BCUT2D eigenvalue weighted by molar-refractivity contribution is -0.134. The van der Waals surface area contributed by atoms with Crippen molar-refractivity contribution in [2.45, 2.75) is 18.9 Å². The minimum absolute atomic E-state index is 0. The van der Waals surface area contributed by atoms with Gasteiger partial charge >= 0.3 is 11.9 Å². The standard InChI is InChI=1S/C14H21N3O2.C4H4O4.H2O/c1-16(2)9-5-6-11-10-17(3)14(18)12-7-4-8-15-13(12)19-11;5-3(6)1-2-4(7)8;/h4,7-8,11H,5-6,9-10H2,1-3H3;1-2H,(H,5,6)(H,7,8);1H2/b;2-1+;. The van der Waals surface area contributed by atoms with Crippen molar-refractivity contribution in [1.82, 2.24) is 14.8 Å². The fraction of sp³-hybridized carbons (Fsp3) is 0.444. The van der Waals surface area contributed by atoms with Crippen molar-refractivity contribution in [3.63, 3.8) is 0 Å². The maximum absolute atomic E-state index is 12.2. The van der Waals surface area contributed by atoms with Crippen LogP contribution in [-0.4, -0.2) is 88.7 Å². The maximum Gasteiger partial charge on any atom is 0.328 e. The molecule has 2 heterocycles. The van der Waals surface area contributed by atoms with Gasteiger partial charge in [-0.2, -0.15) is 0 Å². The second kappa shape index (κ2) is 12.4. The molecule has 0 aliphatic carbocycles. The van der Waals surface area contributed by atoms with E-state index in [1.54, 1.807) is 23.2 Å². The first-order valence-corrected chi connectivity index (χ1v) is 8.36. The predicted molar refractivity (Wildman–Crippen MR) is 101 cm³/mol. The second-order valence-corrected chi connectivity index (χ2v) is 6.24. The molecular formula is C18H27N3O7. The number of ether oxygens (including phenoxy) is 1. The largest absolute Gasteiger partial charge is 0.478 e. The minimum atomic E-state index is -1.26. The molecule has 1 aliphatic heterocycles. The maximum atomic E-state index is 12.2. The number of amides is 1. The Labute approximate surface area is 163 Å². The van der Waals surface area contributed by atoms with Crippen LogP contribution in [0.4, 0.5) is 0 Å². The van der Waals surface area contributed by atoms with Crippen molar-refractivity contribution in [2.24, 2.45) is 0 Å². The number of aliphatic carboxylic acids is 2. The van der Waals surface area contributed by atoms with E-state index < -0.39 is 11.9 Å². The van der Waals surface area contributed by atoms with Crippen molar-refractivity contribution in [1.29, 1.82) is 0 Å². The quantitative estimate of drug-likeness (QED) is 0.643. The van der Waals surface area contributed by atoms with Gasteiger partial charge in [-0.05, 0) is 45.6 Å². The molecule has 0 radical (unpaired) electrons. The summed E-state index contributed by atoms with van der Waals surface area (Å²) in [4.78, 5) is 39.3. The van der Waals surface area contributed by atoms with Crippen molar-refractivity contribution >= 4 is 17.8 Å². The van der Waals surface area contributed by atoms with Gasteiger partial charge in [0.25, 0.3) is 5.91 Å². The van der Waals surface area contributed by atoms with Gasteiger partial charge in [-0.25, -0.2) is 14.6 Å². The van der Waals surface area contributed by atoms with Crippen LogP contribution in [0.25, 0.3) is 0 Å². The van der Waals surface area contributed by atoms with Crippen molar-refractivity contribution in [3.8, 4) is 5.88 Å². The topological polar surface area (TPSA) is 152 Å². The molecule has 1 aromatic rings. The van der Waals surface area contributed by atoms with E-state index in [1.165, 1.54) is 0 Å². The van der Waals surface area contributed by atoms with E-state index in [4.69, 9.17) is 14.9 Å². The van der Waals surface area contributed by atoms with E-state index in [1.807, 2.05) is 7.05 Å². The van der Waals surface area contributed by atoms with E-state index in [2.05, 4.69) is 24.0 Å². The number of carboxylic acid groups (broad SMARTS) is 2. The summed E-state index contributed by atoms with van der Waals surface area (Å²) in [6.45, 7) is 1.63. The molecule has 10 heteroatoms. The minimum Gasteiger partial charge on any atom is -0.478 e. The lowest BCUT2D eigenvalue weighted by Gasteiger charge is -2.20. The Morgan fingerprint density at radius 3 is 2.46 bits per heavy atom. The van der Waals surface area contributed by atoms with Gasteiger partial charge in [0.1, 0.15) is 11.7 Å². The van der Waals surface area contributed by atoms with Gasteiger partial charge < -0.3 is 30.2 Å². The average molecular weight is 397 g/mol. The number of pyridine rings is 1. The first-order valence-electron chi connectivity index (χ1n) is 8.36. The number of aromatic nitrogens is 1. The molecule has 28 heavy (non-hydrogen) atoms. The molecule has 10 nitrogen and oxygen atoms in total. The molecule has 0 aromatic carbocycles. The van der Waals surface area contributed by atoms with E-state index in [0.29, 0.717) is 30.1 Å². The summed E-state index contributed by atoms with van der Waals surface area (Å²) in [5.74, 6) is -2.07. The van der Waals surface area contributed by atoms with Crippen LogP contribution in [-0.2, 0) is 9.59 Å². The third-order valence-corrected chi connectivity index (χ3v) is 3.60. The molecule has 1 aliphatic rings. The van der Waals surface area contributed by atoms with Crippen molar-refractivity contribution in [2.75, 3.05) is 34.2 Å². The Morgan fingerprint density at radius 2 is 1.93 bits per heavy atom. The monoisotopic (exact) mass is 397 g/mol. The van der Waals surface area contributed by atoms with Crippen LogP contribution in [0.3, 0.4) is 0 Å². The van der Waals surface area contributed by atoms with E-state index in [0.717, 1.165) is 19.4 Å². The number of carboxylic acids is 2. The number of carbonyl (C=O) groups excluding carboxylic acids is 1. The van der Waals surface area contributed by atoms with Gasteiger partial charge in [0.15, 0.2) is 0 Å². The van der Waals surface area contributed by atoms with Crippen LogP contribution in [0.15, 0.2) is 30.5 Å². The molecule has 4 N–H and O–H groups in total. The molecule has 156 valence electrons. The molecule has 1 amide bonds. The number of hydrogen-bond donors (Lipinski definition) is 2. The fourth-order valence-corrected chi connectivity index (χ4v) is 2.36. The molecule has 0 fully saturated rings. The van der Waals surface area contributed by atoms with Crippen LogP contribution >= 0.6 is 0 Å². The molecular weight excluding hydrogens is 370 g/mol. The molecule has 0 saturated heterocycles. The zero-order valence-corrected chi connectivity index (χ0v) is 16.2. The van der Waals surface area contributed by atoms with E-state index >= 15 is 0 Å². The molecule has 0 bridgehead atoms. The molecule has 1 atom stereocenters. The summed E-state index contributed by atoms with van der Waals surface area (Å²) in [6, 6.07) is 3.53. The third-order valence-electron chi connectivity index (χ3n) is 3.60. The van der Waals surface area contributed by atoms with Gasteiger partial charge in [-0.15, -0.1) is 0 Å². The van der Waals surface area contributed by atoms with Crippen LogP contribution < -0.4 is 4.74 Å². The summed E-state index contributed by atoms with van der Waals surface area (Å²) in [5, 5.41) is 15.6. The summed E-state index contributed by atoms with van der Waals surface area (Å²) < 4.78 is 5.89. The molecule has 0 spiro atoms. The van der Waals surface area contributed by atoms with Crippen LogP contribution in [0.1, 0.15) is 23.2 Å². The Kier molecular flexibility index (Phi) is 11.1. The first-order chi connectivity index (χ1) is 12.7. The summed E-state index contributed by atoms with van der Waals surface area (Å²) in [7, 11) is 5.92. The zero-order valence-electron chi connectivity index (χ0n) is 16.2. The highest BCUT2D eigenvalue weighted by molar-refractivity contribution is 5.96. The Bertz CT molecular complexity index is 676. The lowest BCUT2D eigenvalue weighted by atomic mass is 10.2. The second-order valence-electron chi connectivity index (χ2n) is 6.24. The molecule has 0 saturated carbocycles. The van der Waals surface area contributed by atoms with Crippen LogP contribution in [0, 0.1) is 0 Å². The Morgan fingerprint density at radius 1 is 1.32 bits per heavy atom. The van der Waals surface area contributed by atoms with Crippen molar-refractivity contribution < 1.29 is 34.8 Å². The van der Waals surface area contributed by atoms with Gasteiger partial charge in [0, 0.05) is 25.4 Å². The highest BCUT2D eigenvalue weighted by atomic mass is 16.5. The van der Waals surface area contributed by atoms with E-state index in [9.17, 15) is 14.4 Å². The van der Waals surface area contributed by atoms with Gasteiger partial charge in [-0.3, -0.25) is 4.79 Å². The Hall–Kier alpha value is -2.98. The normalized spacial score (nSPS) is 15.6. The summed E-state index contributed by atoms with van der Waals surface area (Å²) in [5.41, 5.74) is 0.556. The molecule has 1 aromatic heterocycles. The highest BCUT2D eigenvalue weighted by Gasteiger charge is 2.27. The van der Waals surface area contributed by atoms with Crippen molar-refractivity contribution in [3.05, 3.63) is 36.0 Å². The van der Waals surface area contributed by atoms with E-state index in [-0.39, 0.29) is 17.5 Å². The number of hydrogen-bond acceptors (Lipinski definition) is 6. The van der Waals surface area contributed by atoms with Gasteiger partial charge in [0.2, 0.25) is 5.88 Å². The first kappa shape index (κ1) is 25.0. The van der Waals surface area contributed by atoms with Crippen LogP contribution in [0.5, 0.6) is 5.88 Å². The fourth-order valence-electron chi connectivity index (χ4n) is 2.36. The summed E-state index contributed by atoms with van der Waals surface area (Å²) >= 11 is 0. The van der Waals surface area contributed by atoms with Gasteiger partial charge in [0.05, 0.1) is 6.54 Å². The SMILES string of the molecule is CN(C)CCCC1CN(C)C(=O)c2cccnc2O1.O.O=C(O)/C=C/C(=O)O. The number of carbonyl (C=O) groups is 3. The lowest BCUT2D eigenvalue weighted by Crippen LogP contribution is -2.34.